The minimum Gasteiger partial charge on any atom is -1.00 e. The van der Waals surface area contributed by atoms with Crippen LogP contribution in [0, 0.1) is 6.92 Å². The molecule has 0 aromatic carbocycles. The van der Waals surface area contributed by atoms with Gasteiger partial charge in [0.1, 0.15) is 6.54 Å². The molecule has 2 rings (SSSR count). The van der Waals surface area contributed by atoms with Gasteiger partial charge in [0.2, 0.25) is 5.69 Å². The van der Waals surface area contributed by atoms with E-state index in [1.807, 2.05) is 0 Å². The van der Waals surface area contributed by atoms with E-state index in [0.29, 0.717) is 11.4 Å². The fourth-order valence-corrected chi connectivity index (χ4v) is 3.20. The molecule has 1 amide bonds. The SMILES string of the molecule is Cc1c([NH2+]C(=O)CN(C)C)c(=O)n(C2CCCCC2)c(=O)n1C.[Br-]. The van der Waals surface area contributed by atoms with Crippen LogP contribution >= 0.6 is 0 Å². The first-order chi connectivity index (χ1) is 10.8. The zero-order chi connectivity index (χ0) is 17.1. The number of carbonyl (C=O) groups is 1. The van der Waals surface area contributed by atoms with Gasteiger partial charge < -0.3 is 17.0 Å². The topological polar surface area (TPSA) is 80.9 Å². The van der Waals surface area contributed by atoms with Gasteiger partial charge in [-0.05, 0) is 33.9 Å². The first-order valence-electron chi connectivity index (χ1n) is 8.17. The number of amides is 1. The molecular weight excluding hydrogens is 376 g/mol. The van der Waals surface area contributed by atoms with Crippen molar-refractivity contribution in [3.05, 3.63) is 26.5 Å². The van der Waals surface area contributed by atoms with Crippen LogP contribution in [0.25, 0.3) is 0 Å². The fraction of sp³-hybridized carbons (Fsp3) is 0.688. The van der Waals surface area contributed by atoms with Crippen molar-refractivity contribution in [3.63, 3.8) is 0 Å². The van der Waals surface area contributed by atoms with Crippen LogP contribution in [0.2, 0.25) is 0 Å². The zero-order valence-corrected chi connectivity index (χ0v) is 16.4. The van der Waals surface area contributed by atoms with E-state index in [-0.39, 0.29) is 46.7 Å². The quantitative estimate of drug-likeness (QED) is 0.570. The van der Waals surface area contributed by atoms with Crippen molar-refractivity contribution in [1.29, 1.82) is 0 Å². The third kappa shape index (κ3) is 4.43. The Balaban J connectivity index is 0.00000288. The molecule has 1 fully saturated rings. The number of nitrogens with zero attached hydrogens (tertiary/aromatic N) is 3. The normalized spacial score (nSPS) is 15.4. The number of rotatable bonds is 4. The molecule has 1 aromatic heterocycles. The molecule has 0 saturated heterocycles. The van der Waals surface area contributed by atoms with E-state index in [0.717, 1.165) is 32.1 Å². The monoisotopic (exact) mass is 402 g/mol. The molecule has 0 radical (unpaired) electrons. The van der Waals surface area contributed by atoms with Gasteiger partial charge in [-0.15, -0.1) is 0 Å². The molecule has 1 aliphatic rings. The van der Waals surface area contributed by atoms with Crippen LogP contribution in [0.4, 0.5) is 5.69 Å². The molecule has 1 aromatic rings. The second-order valence-corrected chi connectivity index (χ2v) is 6.66. The Labute approximate surface area is 152 Å². The van der Waals surface area contributed by atoms with Crippen LogP contribution < -0.4 is 33.5 Å². The first kappa shape index (κ1) is 20.8. The number of aromatic nitrogens is 2. The van der Waals surface area contributed by atoms with Gasteiger partial charge in [0.15, 0.2) is 0 Å². The molecule has 1 heterocycles. The Bertz CT molecular complexity index is 702. The van der Waals surface area contributed by atoms with Crippen molar-refractivity contribution in [2.75, 3.05) is 20.6 Å². The summed E-state index contributed by atoms with van der Waals surface area (Å²) >= 11 is 0. The Morgan fingerprint density at radius 3 is 2.33 bits per heavy atom. The van der Waals surface area contributed by atoms with Crippen LogP contribution in [0.1, 0.15) is 43.8 Å². The van der Waals surface area contributed by atoms with Crippen molar-refractivity contribution in [2.24, 2.45) is 7.05 Å². The fourth-order valence-electron chi connectivity index (χ4n) is 3.20. The standard InChI is InChI=1S/C16H26N4O3.BrH/c1-11-14(17-13(21)10-18(2)3)15(22)20(16(23)19(11)4)12-8-6-5-7-9-12;/h12H,5-10H2,1-4H3,(H,17,21);1H. The minimum atomic E-state index is -0.329. The summed E-state index contributed by atoms with van der Waals surface area (Å²) < 4.78 is 2.84. The molecule has 7 nitrogen and oxygen atoms in total. The summed E-state index contributed by atoms with van der Waals surface area (Å²) in [5.74, 6) is -0.135. The van der Waals surface area contributed by atoms with Gasteiger partial charge in [0.25, 0.3) is 0 Å². The second kappa shape index (κ2) is 8.73. The average molecular weight is 403 g/mol. The number of primary amides is 1. The van der Waals surface area contributed by atoms with Crippen molar-refractivity contribution in [3.8, 4) is 0 Å². The summed E-state index contributed by atoms with van der Waals surface area (Å²) in [5, 5.41) is 1.39. The number of halogens is 1. The summed E-state index contributed by atoms with van der Waals surface area (Å²) in [6, 6.07) is -0.0494. The van der Waals surface area contributed by atoms with Gasteiger partial charge in [-0.1, -0.05) is 19.3 Å². The summed E-state index contributed by atoms with van der Waals surface area (Å²) in [7, 11) is 5.27. The van der Waals surface area contributed by atoms with Gasteiger partial charge in [-0.3, -0.25) is 18.8 Å². The van der Waals surface area contributed by atoms with Gasteiger partial charge in [0.05, 0.1) is 5.69 Å². The number of hydrogen-bond acceptors (Lipinski definition) is 4. The number of quaternary nitrogens is 1. The lowest BCUT2D eigenvalue weighted by atomic mass is 9.95. The predicted octanol–water partition coefficient (Wildman–Crippen LogP) is -3.35. The van der Waals surface area contributed by atoms with E-state index in [4.69, 9.17) is 0 Å². The van der Waals surface area contributed by atoms with E-state index in [1.54, 1.807) is 33.0 Å². The lowest BCUT2D eigenvalue weighted by molar-refractivity contribution is -0.485. The van der Waals surface area contributed by atoms with Gasteiger partial charge in [-0.25, -0.2) is 14.9 Å². The highest BCUT2D eigenvalue weighted by atomic mass is 79.9. The van der Waals surface area contributed by atoms with Gasteiger partial charge in [0, 0.05) is 13.1 Å². The first-order valence-corrected chi connectivity index (χ1v) is 8.17. The summed E-state index contributed by atoms with van der Waals surface area (Å²) in [5.41, 5.74) is 0.268. The predicted molar refractivity (Wildman–Crippen MR) is 87.9 cm³/mol. The van der Waals surface area contributed by atoms with E-state index in [2.05, 4.69) is 0 Å². The lowest BCUT2D eigenvalue weighted by Gasteiger charge is -2.24. The summed E-state index contributed by atoms with van der Waals surface area (Å²) in [6.45, 7) is 1.95. The highest BCUT2D eigenvalue weighted by Crippen LogP contribution is 2.26. The van der Waals surface area contributed by atoms with Crippen molar-refractivity contribution in [1.82, 2.24) is 14.0 Å². The molecule has 0 aliphatic heterocycles. The van der Waals surface area contributed by atoms with Gasteiger partial charge in [-0.2, -0.15) is 0 Å². The minimum absolute atomic E-state index is 0. The number of hydrogen-bond donors (Lipinski definition) is 1. The van der Waals surface area contributed by atoms with Crippen LogP contribution in [-0.2, 0) is 11.8 Å². The van der Waals surface area contributed by atoms with E-state index >= 15 is 0 Å². The van der Waals surface area contributed by atoms with E-state index in [1.165, 1.54) is 14.5 Å². The van der Waals surface area contributed by atoms with E-state index in [9.17, 15) is 14.4 Å². The Morgan fingerprint density at radius 1 is 1.21 bits per heavy atom. The molecule has 24 heavy (non-hydrogen) atoms. The smallest absolute Gasteiger partial charge is 0.331 e. The summed E-state index contributed by atoms with van der Waals surface area (Å²) in [6.07, 6.45) is 4.92. The van der Waals surface area contributed by atoms with Crippen LogP contribution in [-0.4, -0.2) is 40.6 Å². The second-order valence-electron chi connectivity index (χ2n) is 6.66. The molecule has 8 heteroatoms. The van der Waals surface area contributed by atoms with Crippen LogP contribution in [0.5, 0.6) is 0 Å². The Morgan fingerprint density at radius 2 is 1.79 bits per heavy atom. The molecule has 0 atom stereocenters. The molecule has 0 spiro atoms. The number of nitrogens with two attached hydrogens (primary N) is 1. The van der Waals surface area contributed by atoms with Crippen molar-refractivity contribution < 1.29 is 27.1 Å². The molecular formula is C16H27BrN4O3. The molecule has 0 bridgehead atoms. The zero-order valence-electron chi connectivity index (χ0n) is 14.8. The van der Waals surface area contributed by atoms with Crippen LogP contribution in [0.15, 0.2) is 9.59 Å². The number of likely N-dealkylation sites (N-methyl/N-ethyl adjacent to an activating group) is 1. The average Bonchev–Trinajstić information content (AvgIpc) is 2.50. The molecule has 1 aliphatic carbocycles. The van der Waals surface area contributed by atoms with Crippen LogP contribution in [0.3, 0.4) is 0 Å². The Kier molecular flexibility index (Phi) is 7.56. The lowest BCUT2D eigenvalue weighted by Crippen LogP contribution is -3.00. The van der Waals surface area contributed by atoms with Crippen molar-refractivity contribution in [2.45, 2.75) is 45.1 Å². The molecule has 1 saturated carbocycles. The maximum absolute atomic E-state index is 12.8. The third-order valence-corrected chi connectivity index (χ3v) is 4.55. The largest absolute Gasteiger partial charge is 1.00 e. The highest BCUT2D eigenvalue weighted by Gasteiger charge is 2.26. The maximum Gasteiger partial charge on any atom is 0.331 e. The highest BCUT2D eigenvalue weighted by molar-refractivity contribution is 5.70. The molecule has 136 valence electrons. The molecule has 2 N–H and O–H groups in total. The van der Waals surface area contributed by atoms with E-state index < -0.39 is 0 Å². The summed E-state index contributed by atoms with van der Waals surface area (Å²) in [4.78, 5) is 39.2. The Hall–Kier alpha value is -1.25. The van der Waals surface area contributed by atoms with Gasteiger partial charge >= 0.3 is 17.2 Å². The van der Waals surface area contributed by atoms with Crippen molar-refractivity contribution >= 4 is 11.6 Å². The maximum atomic E-state index is 12.8. The number of carbonyl (C=O) groups excluding carboxylic acids is 1. The molecule has 0 unspecified atom stereocenters. The third-order valence-electron chi connectivity index (χ3n) is 4.55.